The average Bonchev–Trinajstić information content (AvgIpc) is 2.88. The summed E-state index contributed by atoms with van der Waals surface area (Å²) in [6.07, 6.45) is 0.239. The first-order valence-corrected chi connectivity index (χ1v) is 7.26. The number of primary amides is 1. The maximum atomic E-state index is 12.0. The van der Waals surface area contributed by atoms with Gasteiger partial charge in [0.1, 0.15) is 6.04 Å². The Balaban J connectivity index is 2.59. The molecule has 0 saturated carbocycles. The SMILES string of the molecule is CC(Cc1cccs1)N(C)C(=O)NC(CC(N)=O)C(=O)O. The van der Waals surface area contributed by atoms with Gasteiger partial charge < -0.3 is 21.1 Å². The van der Waals surface area contributed by atoms with E-state index in [2.05, 4.69) is 5.32 Å². The molecule has 0 spiro atoms. The monoisotopic (exact) mass is 313 g/mol. The molecule has 0 radical (unpaired) electrons. The van der Waals surface area contributed by atoms with E-state index in [4.69, 9.17) is 10.8 Å². The van der Waals surface area contributed by atoms with Crippen molar-refractivity contribution < 1.29 is 19.5 Å². The summed E-state index contributed by atoms with van der Waals surface area (Å²) in [4.78, 5) is 36.3. The van der Waals surface area contributed by atoms with Crippen LogP contribution in [0.5, 0.6) is 0 Å². The van der Waals surface area contributed by atoms with Crippen LogP contribution in [-0.2, 0) is 16.0 Å². The largest absolute Gasteiger partial charge is 0.480 e. The first-order valence-electron chi connectivity index (χ1n) is 6.38. The third-order valence-corrected chi connectivity index (χ3v) is 3.96. The first kappa shape index (κ1) is 17.0. The highest BCUT2D eigenvalue weighted by Gasteiger charge is 2.25. The Morgan fingerprint density at radius 3 is 2.62 bits per heavy atom. The molecular formula is C13H19N3O4S. The lowest BCUT2D eigenvalue weighted by atomic mass is 10.2. The summed E-state index contributed by atoms with van der Waals surface area (Å²) in [5.41, 5.74) is 4.97. The molecule has 2 atom stereocenters. The van der Waals surface area contributed by atoms with Crippen LogP contribution in [0.15, 0.2) is 17.5 Å². The number of nitrogens with zero attached hydrogens (tertiary/aromatic N) is 1. The summed E-state index contributed by atoms with van der Waals surface area (Å²) in [5.74, 6) is -2.07. The minimum absolute atomic E-state index is 0.105. The number of rotatable bonds is 7. The number of aliphatic carboxylic acids is 1. The predicted octanol–water partition coefficient (Wildman–Crippen LogP) is 0.649. The molecule has 7 nitrogen and oxygen atoms in total. The summed E-state index contributed by atoms with van der Waals surface area (Å²) in [7, 11) is 1.58. The van der Waals surface area contributed by atoms with Gasteiger partial charge in [0.15, 0.2) is 0 Å². The van der Waals surface area contributed by atoms with Gasteiger partial charge in [-0.2, -0.15) is 0 Å². The third kappa shape index (κ3) is 5.42. The fourth-order valence-electron chi connectivity index (χ4n) is 1.71. The zero-order valence-corrected chi connectivity index (χ0v) is 12.7. The van der Waals surface area contributed by atoms with Crippen molar-refractivity contribution in [2.24, 2.45) is 5.73 Å². The zero-order chi connectivity index (χ0) is 16.0. The molecule has 2 unspecified atom stereocenters. The van der Waals surface area contributed by atoms with Gasteiger partial charge in [-0.3, -0.25) is 4.79 Å². The number of urea groups is 1. The van der Waals surface area contributed by atoms with Crippen molar-refractivity contribution in [2.75, 3.05) is 7.05 Å². The van der Waals surface area contributed by atoms with Gasteiger partial charge in [-0.25, -0.2) is 9.59 Å². The van der Waals surface area contributed by atoms with Gasteiger partial charge in [0.25, 0.3) is 0 Å². The van der Waals surface area contributed by atoms with E-state index in [0.717, 1.165) is 4.88 Å². The number of hydrogen-bond donors (Lipinski definition) is 3. The number of thiophene rings is 1. The molecule has 0 aliphatic heterocycles. The van der Waals surface area contributed by atoms with E-state index in [-0.39, 0.29) is 6.04 Å². The van der Waals surface area contributed by atoms with E-state index in [1.54, 1.807) is 18.4 Å². The fraction of sp³-hybridized carbons (Fsp3) is 0.462. The number of carboxylic acid groups (broad SMARTS) is 1. The molecule has 0 aliphatic carbocycles. The number of likely N-dealkylation sites (N-methyl/N-ethyl adjacent to an activating group) is 1. The van der Waals surface area contributed by atoms with E-state index in [0.29, 0.717) is 6.42 Å². The smallest absolute Gasteiger partial charge is 0.326 e. The molecule has 0 fully saturated rings. The Hall–Kier alpha value is -2.09. The van der Waals surface area contributed by atoms with Crippen LogP contribution >= 0.6 is 11.3 Å². The second-order valence-electron chi connectivity index (χ2n) is 4.75. The number of nitrogens with two attached hydrogens (primary N) is 1. The summed E-state index contributed by atoms with van der Waals surface area (Å²) in [5, 5.41) is 13.2. The first-order chi connectivity index (χ1) is 9.81. The summed E-state index contributed by atoms with van der Waals surface area (Å²) >= 11 is 1.59. The molecule has 0 saturated heterocycles. The van der Waals surface area contributed by atoms with Crippen molar-refractivity contribution in [1.82, 2.24) is 10.2 Å². The standard InChI is InChI=1S/C13H19N3O4S/c1-8(6-9-4-3-5-21-9)16(2)13(20)15-10(12(18)19)7-11(14)17/h3-5,8,10H,6-7H2,1-2H3,(H2,14,17)(H,15,20)(H,18,19). The van der Waals surface area contributed by atoms with Crippen LogP contribution < -0.4 is 11.1 Å². The van der Waals surface area contributed by atoms with E-state index < -0.39 is 30.4 Å². The molecule has 21 heavy (non-hydrogen) atoms. The zero-order valence-electron chi connectivity index (χ0n) is 11.9. The van der Waals surface area contributed by atoms with Gasteiger partial charge in [-0.15, -0.1) is 11.3 Å². The minimum Gasteiger partial charge on any atom is -0.480 e. The van der Waals surface area contributed by atoms with Crippen molar-refractivity contribution in [1.29, 1.82) is 0 Å². The molecule has 3 amide bonds. The molecule has 1 aromatic rings. The minimum atomic E-state index is -1.31. The Bertz CT molecular complexity index is 504. The van der Waals surface area contributed by atoms with Crippen LogP contribution in [-0.4, -0.2) is 47.0 Å². The second-order valence-corrected chi connectivity index (χ2v) is 5.79. The Morgan fingerprint density at radius 2 is 2.14 bits per heavy atom. The Morgan fingerprint density at radius 1 is 1.48 bits per heavy atom. The Labute approximate surface area is 126 Å². The molecule has 0 bridgehead atoms. The number of carbonyl (C=O) groups excluding carboxylic acids is 2. The molecule has 116 valence electrons. The van der Waals surface area contributed by atoms with Gasteiger partial charge in [0.05, 0.1) is 6.42 Å². The number of amides is 3. The summed E-state index contributed by atoms with van der Waals surface area (Å²) in [6.45, 7) is 1.86. The summed E-state index contributed by atoms with van der Waals surface area (Å²) < 4.78 is 0. The highest BCUT2D eigenvalue weighted by Crippen LogP contribution is 2.13. The van der Waals surface area contributed by atoms with Crippen molar-refractivity contribution >= 4 is 29.2 Å². The van der Waals surface area contributed by atoms with Crippen molar-refractivity contribution in [3.8, 4) is 0 Å². The third-order valence-electron chi connectivity index (χ3n) is 3.06. The van der Waals surface area contributed by atoms with Gasteiger partial charge in [0.2, 0.25) is 5.91 Å². The number of hydrogen-bond acceptors (Lipinski definition) is 4. The second kappa shape index (κ2) is 7.63. The van der Waals surface area contributed by atoms with E-state index in [1.165, 1.54) is 4.90 Å². The number of carbonyl (C=O) groups is 3. The van der Waals surface area contributed by atoms with Crippen molar-refractivity contribution in [3.05, 3.63) is 22.4 Å². The number of carboxylic acids is 1. The van der Waals surface area contributed by atoms with E-state index in [1.807, 2.05) is 24.4 Å². The van der Waals surface area contributed by atoms with Crippen LogP contribution in [0.3, 0.4) is 0 Å². The molecule has 1 rings (SSSR count). The van der Waals surface area contributed by atoms with E-state index >= 15 is 0 Å². The van der Waals surface area contributed by atoms with Crippen LogP contribution in [0.1, 0.15) is 18.2 Å². The van der Waals surface area contributed by atoms with Gasteiger partial charge in [-0.05, 0) is 18.4 Å². The lowest BCUT2D eigenvalue weighted by Crippen LogP contribution is -2.50. The predicted molar refractivity (Wildman–Crippen MR) is 79.0 cm³/mol. The quantitative estimate of drug-likeness (QED) is 0.686. The average molecular weight is 313 g/mol. The van der Waals surface area contributed by atoms with Crippen molar-refractivity contribution in [3.63, 3.8) is 0 Å². The molecule has 8 heteroatoms. The highest BCUT2D eigenvalue weighted by molar-refractivity contribution is 7.09. The number of nitrogens with one attached hydrogen (secondary N) is 1. The van der Waals surface area contributed by atoms with Crippen LogP contribution in [0, 0.1) is 0 Å². The Kier molecular flexibility index (Phi) is 6.16. The lowest BCUT2D eigenvalue weighted by molar-refractivity contribution is -0.141. The molecule has 1 heterocycles. The van der Waals surface area contributed by atoms with Gasteiger partial charge >= 0.3 is 12.0 Å². The maximum absolute atomic E-state index is 12.0. The molecule has 1 aromatic heterocycles. The van der Waals surface area contributed by atoms with E-state index in [9.17, 15) is 14.4 Å². The fourth-order valence-corrected chi connectivity index (χ4v) is 2.54. The van der Waals surface area contributed by atoms with Gasteiger partial charge in [0, 0.05) is 24.4 Å². The maximum Gasteiger partial charge on any atom is 0.326 e. The molecular weight excluding hydrogens is 294 g/mol. The topological polar surface area (TPSA) is 113 Å². The molecule has 0 aliphatic rings. The van der Waals surface area contributed by atoms with Crippen LogP contribution in [0.2, 0.25) is 0 Å². The van der Waals surface area contributed by atoms with Crippen molar-refractivity contribution in [2.45, 2.75) is 31.8 Å². The lowest BCUT2D eigenvalue weighted by Gasteiger charge is -2.26. The van der Waals surface area contributed by atoms with Crippen LogP contribution in [0.25, 0.3) is 0 Å². The molecule has 0 aromatic carbocycles. The van der Waals surface area contributed by atoms with Crippen LogP contribution in [0.4, 0.5) is 4.79 Å². The highest BCUT2D eigenvalue weighted by atomic mass is 32.1. The normalized spacial score (nSPS) is 13.2. The molecule has 4 N–H and O–H groups in total. The summed E-state index contributed by atoms with van der Waals surface area (Å²) in [6, 6.07) is 1.94. The van der Waals surface area contributed by atoms with Gasteiger partial charge in [-0.1, -0.05) is 6.07 Å².